The Morgan fingerprint density at radius 1 is 1.50 bits per heavy atom. The zero-order valence-corrected chi connectivity index (χ0v) is 9.99. The molecule has 1 aromatic rings. The maximum Gasteiger partial charge on any atom is 0.256 e. The predicted octanol–water partition coefficient (Wildman–Crippen LogP) is 2.01. The summed E-state index contributed by atoms with van der Waals surface area (Å²) in [7, 11) is 1.51. The fourth-order valence-electron chi connectivity index (χ4n) is 1.48. The Hall–Kier alpha value is -1.58. The molecule has 0 aromatic carbocycles. The molecular formula is C12H18N2O2. The smallest absolute Gasteiger partial charge is 0.256 e. The number of ether oxygens (including phenoxy) is 1. The molecule has 0 atom stereocenters. The number of nitrogens with one attached hydrogen (secondary N) is 1. The summed E-state index contributed by atoms with van der Waals surface area (Å²) in [4.78, 5) is 15.9. The monoisotopic (exact) mass is 222 g/mol. The molecule has 1 N–H and O–H groups in total. The number of nitrogens with zero attached hydrogens (tertiary/aromatic N) is 1. The van der Waals surface area contributed by atoms with Crippen LogP contribution >= 0.6 is 0 Å². The highest BCUT2D eigenvalue weighted by atomic mass is 16.5. The number of amides is 1. The second-order valence-corrected chi connectivity index (χ2v) is 3.55. The predicted molar refractivity (Wildman–Crippen MR) is 62.6 cm³/mol. The third kappa shape index (κ3) is 2.95. The van der Waals surface area contributed by atoms with Gasteiger partial charge in [0.05, 0.1) is 7.11 Å². The molecule has 1 heterocycles. The van der Waals surface area contributed by atoms with Gasteiger partial charge in [-0.25, -0.2) is 4.98 Å². The summed E-state index contributed by atoms with van der Waals surface area (Å²) in [5, 5.41) is 2.95. The van der Waals surface area contributed by atoms with Crippen LogP contribution in [-0.4, -0.2) is 24.0 Å². The Bertz CT molecular complexity index is 349. The second-order valence-electron chi connectivity index (χ2n) is 3.55. The van der Waals surface area contributed by atoms with Crippen LogP contribution in [0.4, 0.5) is 0 Å². The molecule has 0 unspecified atom stereocenters. The second kappa shape index (κ2) is 6.10. The number of rotatable bonds is 5. The molecule has 4 heteroatoms. The molecule has 88 valence electrons. The maximum atomic E-state index is 11.9. The van der Waals surface area contributed by atoms with Gasteiger partial charge in [0, 0.05) is 12.2 Å². The minimum Gasteiger partial charge on any atom is -0.480 e. The zero-order chi connectivity index (χ0) is 12.0. The average molecular weight is 222 g/mol. The van der Waals surface area contributed by atoms with Gasteiger partial charge in [-0.3, -0.25) is 4.79 Å². The molecule has 0 saturated heterocycles. The first-order valence-corrected chi connectivity index (χ1v) is 5.52. The number of hydrogen-bond donors (Lipinski definition) is 1. The van der Waals surface area contributed by atoms with E-state index in [1.807, 2.05) is 0 Å². The number of aromatic nitrogens is 1. The van der Waals surface area contributed by atoms with Crippen molar-refractivity contribution in [3.05, 3.63) is 23.9 Å². The molecule has 0 fully saturated rings. The lowest BCUT2D eigenvalue weighted by atomic mass is 10.1. The SMILES string of the molecule is CCC(CC)NC(=O)c1cccnc1OC. The first-order valence-electron chi connectivity index (χ1n) is 5.52. The fraction of sp³-hybridized carbons (Fsp3) is 0.500. The molecule has 1 aromatic heterocycles. The Labute approximate surface area is 96.0 Å². The van der Waals surface area contributed by atoms with Gasteiger partial charge in [-0.2, -0.15) is 0 Å². The highest BCUT2D eigenvalue weighted by molar-refractivity contribution is 5.96. The summed E-state index contributed by atoms with van der Waals surface area (Å²) in [5.74, 6) is 0.240. The van der Waals surface area contributed by atoms with Crippen molar-refractivity contribution in [2.45, 2.75) is 32.7 Å². The quantitative estimate of drug-likeness (QED) is 0.829. The van der Waals surface area contributed by atoms with Gasteiger partial charge in [-0.1, -0.05) is 13.8 Å². The standard InChI is InChI=1S/C12H18N2O2/c1-4-9(5-2)14-11(15)10-7-6-8-13-12(10)16-3/h6-9H,4-5H2,1-3H3,(H,14,15). The Kier molecular flexibility index (Phi) is 4.76. The molecule has 1 rings (SSSR count). The van der Waals surface area contributed by atoms with Crippen molar-refractivity contribution in [2.24, 2.45) is 0 Å². The molecule has 0 spiro atoms. The zero-order valence-electron chi connectivity index (χ0n) is 9.99. The summed E-state index contributed by atoms with van der Waals surface area (Å²) in [6.45, 7) is 4.10. The minimum absolute atomic E-state index is 0.126. The van der Waals surface area contributed by atoms with Crippen molar-refractivity contribution >= 4 is 5.91 Å². The van der Waals surface area contributed by atoms with Crippen LogP contribution in [0.25, 0.3) is 0 Å². The van der Waals surface area contributed by atoms with Crippen molar-refractivity contribution in [3.63, 3.8) is 0 Å². The molecule has 0 aliphatic heterocycles. The number of carbonyl (C=O) groups excluding carboxylic acids is 1. The van der Waals surface area contributed by atoms with Crippen LogP contribution in [0.5, 0.6) is 5.88 Å². The van der Waals surface area contributed by atoms with Gasteiger partial charge in [0.25, 0.3) is 5.91 Å². The van der Waals surface area contributed by atoms with Crippen molar-refractivity contribution in [1.29, 1.82) is 0 Å². The van der Waals surface area contributed by atoms with Crippen LogP contribution < -0.4 is 10.1 Å². The molecule has 0 bridgehead atoms. The first kappa shape index (κ1) is 12.5. The van der Waals surface area contributed by atoms with Crippen LogP contribution in [0.1, 0.15) is 37.0 Å². The van der Waals surface area contributed by atoms with Crippen molar-refractivity contribution in [2.75, 3.05) is 7.11 Å². The lowest BCUT2D eigenvalue weighted by molar-refractivity contribution is 0.0931. The number of methoxy groups -OCH3 is 1. The van der Waals surface area contributed by atoms with E-state index in [4.69, 9.17) is 4.74 Å². The van der Waals surface area contributed by atoms with E-state index in [-0.39, 0.29) is 11.9 Å². The van der Waals surface area contributed by atoms with Crippen LogP contribution in [0.15, 0.2) is 18.3 Å². The summed E-state index contributed by atoms with van der Waals surface area (Å²) in [6.07, 6.45) is 3.45. The molecule has 4 nitrogen and oxygen atoms in total. The molecule has 1 amide bonds. The highest BCUT2D eigenvalue weighted by Gasteiger charge is 2.15. The first-order chi connectivity index (χ1) is 7.72. The van der Waals surface area contributed by atoms with Gasteiger partial charge in [0.1, 0.15) is 5.56 Å². The molecular weight excluding hydrogens is 204 g/mol. The van der Waals surface area contributed by atoms with E-state index in [2.05, 4.69) is 24.1 Å². The third-order valence-electron chi connectivity index (χ3n) is 2.53. The van der Waals surface area contributed by atoms with Crippen molar-refractivity contribution < 1.29 is 9.53 Å². The van der Waals surface area contributed by atoms with Gasteiger partial charge in [0.15, 0.2) is 0 Å². The molecule has 0 aliphatic carbocycles. The summed E-state index contributed by atoms with van der Waals surface area (Å²) in [6, 6.07) is 3.64. The highest BCUT2D eigenvalue weighted by Crippen LogP contribution is 2.13. The normalized spacial score (nSPS) is 10.2. The maximum absolute atomic E-state index is 11.9. The molecule has 16 heavy (non-hydrogen) atoms. The summed E-state index contributed by atoms with van der Waals surface area (Å²) >= 11 is 0. The van der Waals surface area contributed by atoms with Gasteiger partial charge in [0.2, 0.25) is 5.88 Å². The van der Waals surface area contributed by atoms with Crippen LogP contribution in [-0.2, 0) is 0 Å². The largest absolute Gasteiger partial charge is 0.480 e. The summed E-state index contributed by atoms with van der Waals surface area (Å²) in [5.41, 5.74) is 0.483. The van der Waals surface area contributed by atoms with Crippen LogP contribution in [0, 0.1) is 0 Å². The number of hydrogen-bond acceptors (Lipinski definition) is 3. The van der Waals surface area contributed by atoms with E-state index >= 15 is 0 Å². The molecule has 0 saturated carbocycles. The van der Waals surface area contributed by atoms with Gasteiger partial charge < -0.3 is 10.1 Å². The average Bonchev–Trinajstić information content (AvgIpc) is 2.35. The fourth-order valence-corrected chi connectivity index (χ4v) is 1.48. The lowest BCUT2D eigenvalue weighted by Gasteiger charge is -2.15. The topological polar surface area (TPSA) is 51.2 Å². The van der Waals surface area contributed by atoms with Gasteiger partial charge in [-0.05, 0) is 25.0 Å². The van der Waals surface area contributed by atoms with Crippen LogP contribution in [0.3, 0.4) is 0 Å². The van der Waals surface area contributed by atoms with E-state index in [0.717, 1.165) is 12.8 Å². The third-order valence-corrected chi connectivity index (χ3v) is 2.53. The lowest BCUT2D eigenvalue weighted by Crippen LogP contribution is -2.34. The van der Waals surface area contributed by atoms with E-state index in [9.17, 15) is 4.79 Å². The minimum atomic E-state index is -0.126. The molecule has 0 aliphatic rings. The number of pyridine rings is 1. The van der Waals surface area contributed by atoms with Crippen molar-refractivity contribution in [3.8, 4) is 5.88 Å². The summed E-state index contributed by atoms with van der Waals surface area (Å²) < 4.78 is 5.04. The van der Waals surface area contributed by atoms with Gasteiger partial charge >= 0.3 is 0 Å². The van der Waals surface area contributed by atoms with E-state index < -0.39 is 0 Å². The van der Waals surface area contributed by atoms with Crippen molar-refractivity contribution in [1.82, 2.24) is 10.3 Å². The Balaban J connectivity index is 2.79. The van der Waals surface area contributed by atoms with Crippen LogP contribution in [0.2, 0.25) is 0 Å². The van der Waals surface area contributed by atoms with E-state index in [1.54, 1.807) is 18.3 Å². The Morgan fingerprint density at radius 2 is 2.19 bits per heavy atom. The Morgan fingerprint density at radius 3 is 2.75 bits per heavy atom. The van der Waals surface area contributed by atoms with E-state index in [0.29, 0.717) is 11.4 Å². The van der Waals surface area contributed by atoms with E-state index in [1.165, 1.54) is 7.11 Å². The van der Waals surface area contributed by atoms with Gasteiger partial charge in [-0.15, -0.1) is 0 Å². The molecule has 0 radical (unpaired) electrons. The number of carbonyl (C=O) groups is 1.